The number of hydrazine groups is 1. The number of nitriles is 1. The van der Waals surface area contributed by atoms with Gasteiger partial charge in [0.25, 0.3) is 0 Å². The minimum Gasteiger partial charge on any atom is -0.339 e. The summed E-state index contributed by atoms with van der Waals surface area (Å²) in [6, 6.07) is 9.52. The van der Waals surface area contributed by atoms with Crippen molar-refractivity contribution >= 4 is 17.3 Å². The van der Waals surface area contributed by atoms with E-state index in [0.29, 0.717) is 29.4 Å². The number of nitrogen functional groups attached to an aromatic ring is 1. The van der Waals surface area contributed by atoms with E-state index in [0.717, 1.165) is 11.3 Å². The molecule has 0 fully saturated rings. The monoisotopic (exact) mass is 268 g/mol. The van der Waals surface area contributed by atoms with E-state index in [-0.39, 0.29) is 0 Å². The third-order valence-corrected chi connectivity index (χ3v) is 2.88. The van der Waals surface area contributed by atoms with Gasteiger partial charge in [-0.25, -0.2) is 15.8 Å². The summed E-state index contributed by atoms with van der Waals surface area (Å²) >= 11 is 0. The summed E-state index contributed by atoms with van der Waals surface area (Å²) in [5, 5.41) is 12.4. The van der Waals surface area contributed by atoms with E-state index >= 15 is 0 Å². The van der Waals surface area contributed by atoms with Crippen LogP contribution in [0.25, 0.3) is 0 Å². The molecule has 1 aromatic carbocycles. The summed E-state index contributed by atoms with van der Waals surface area (Å²) in [6.07, 6.45) is 0.698. The third kappa shape index (κ3) is 2.84. The Kier molecular flexibility index (Phi) is 4.13. The molecule has 1 heterocycles. The van der Waals surface area contributed by atoms with Crippen molar-refractivity contribution in [1.82, 2.24) is 9.97 Å². The van der Waals surface area contributed by atoms with Crippen molar-refractivity contribution in [1.29, 1.82) is 5.26 Å². The molecule has 0 aliphatic heterocycles. The van der Waals surface area contributed by atoms with Gasteiger partial charge in [0.1, 0.15) is 23.5 Å². The second-order valence-corrected chi connectivity index (χ2v) is 4.29. The Hall–Kier alpha value is -2.65. The van der Waals surface area contributed by atoms with Gasteiger partial charge in [-0.3, -0.25) is 0 Å². The predicted octanol–water partition coefficient (Wildman–Crippen LogP) is 2.25. The maximum absolute atomic E-state index is 9.22. The number of anilines is 3. The number of hydrogen-bond donors (Lipinski definition) is 3. The zero-order chi connectivity index (χ0) is 14.5. The van der Waals surface area contributed by atoms with Gasteiger partial charge < -0.3 is 10.7 Å². The lowest BCUT2D eigenvalue weighted by Crippen LogP contribution is -2.11. The molecule has 0 unspecified atom stereocenters. The molecular formula is C14H16N6. The maximum Gasteiger partial charge on any atom is 0.145 e. The first kappa shape index (κ1) is 13.8. The van der Waals surface area contributed by atoms with E-state index in [1.165, 1.54) is 0 Å². The number of aryl methyl sites for hydroxylation is 2. The van der Waals surface area contributed by atoms with Gasteiger partial charge in [0.05, 0.1) is 11.3 Å². The first-order valence-electron chi connectivity index (χ1n) is 6.29. The number of nitrogens with two attached hydrogens (primary N) is 1. The summed E-state index contributed by atoms with van der Waals surface area (Å²) in [5.41, 5.74) is 4.75. The fourth-order valence-electron chi connectivity index (χ4n) is 1.85. The normalized spacial score (nSPS) is 9.90. The molecule has 4 N–H and O–H groups in total. The molecule has 6 nitrogen and oxygen atoms in total. The zero-order valence-corrected chi connectivity index (χ0v) is 11.4. The number of aromatic nitrogens is 2. The predicted molar refractivity (Wildman–Crippen MR) is 78.4 cm³/mol. The average molecular weight is 268 g/mol. The van der Waals surface area contributed by atoms with E-state index < -0.39 is 0 Å². The van der Waals surface area contributed by atoms with Crippen molar-refractivity contribution in [3.8, 4) is 6.07 Å². The van der Waals surface area contributed by atoms with Crippen molar-refractivity contribution in [3.05, 3.63) is 41.2 Å². The van der Waals surface area contributed by atoms with Crippen molar-refractivity contribution < 1.29 is 0 Å². The van der Waals surface area contributed by atoms with Crippen LogP contribution in [0.5, 0.6) is 0 Å². The highest BCUT2D eigenvalue weighted by Gasteiger charge is 2.08. The van der Waals surface area contributed by atoms with Crippen LogP contribution in [-0.2, 0) is 6.42 Å². The van der Waals surface area contributed by atoms with Gasteiger partial charge in [0.15, 0.2) is 0 Å². The van der Waals surface area contributed by atoms with E-state index in [1.54, 1.807) is 6.07 Å². The summed E-state index contributed by atoms with van der Waals surface area (Å²) < 4.78 is 0. The molecule has 102 valence electrons. The van der Waals surface area contributed by atoms with E-state index in [9.17, 15) is 5.26 Å². The highest BCUT2D eigenvalue weighted by Crippen LogP contribution is 2.23. The highest BCUT2D eigenvalue weighted by molar-refractivity contribution is 5.67. The molecule has 0 saturated heterocycles. The first-order chi connectivity index (χ1) is 9.67. The Morgan fingerprint density at radius 3 is 2.70 bits per heavy atom. The first-order valence-corrected chi connectivity index (χ1v) is 6.29. The fourth-order valence-corrected chi connectivity index (χ4v) is 1.85. The standard InChI is InChI=1S/C14H16N6/c1-3-12-18-13(7-14(19-12)20-16)17-11-6-4-5-9(2)10(11)8-15/h4-7H,3,16H2,1-2H3,(H2,17,18,19,20). The molecule has 0 saturated carbocycles. The molecule has 0 atom stereocenters. The summed E-state index contributed by atoms with van der Waals surface area (Å²) in [7, 11) is 0. The minimum absolute atomic E-state index is 0.533. The Balaban J connectivity index is 2.40. The van der Waals surface area contributed by atoms with Crippen molar-refractivity contribution in [2.75, 3.05) is 10.7 Å². The number of nitrogens with zero attached hydrogens (tertiary/aromatic N) is 3. The summed E-state index contributed by atoms with van der Waals surface area (Å²) in [6.45, 7) is 3.86. The SMILES string of the molecule is CCc1nc(NN)cc(Nc2cccc(C)c2C#N)n1. The third-order valence-electron chi connectivity index (χ3n) is 2.88. The van der Waals surface area contributed by atoms with Gasteiger partial charge in [-0.1, -0.05) is 19.1 Å². The summed E-state index contributed by atoms with van der Waals surface area (Å²) in [4.78, 5) is 8.59. The van der Waals surface area contributed by atoms with E-state index in [2.05, 4.69) is 26.8 Å². The van der Waals surface area contributed by atoms with Gasteiger partial charge in [-0.2, -0.15) is 5.26 Å². The number of rotatable bonds is 4. The molecule has 0 radical (unpaired) electrons. The zero-order valence-electron chi connectivity index (χ0n) is 11.4. The lowest BCUT2D eigenvalue weighted by atomic mass is 10.1. The van der Waals surface area contributed by atoms with Crippen LogP contribution in [-0.4, -0.2) is 9.97 Å². The Labute approximate surface area is 117 Å². The molecule has 20 heavy (non-hydrogen) atoms. The molecular weight excluding hydrogens is 252 g/mol. The van der Waals surface area contributed by atoms with E-state index in [1.807, 2.05) is 32.0 Å². The minimum atomic E-state index is 0.533. The fraction of sp³-hybridized carbons (Fsp3) is 0.214. The molecule has 0 aliphatic carbocycles. The smallest absolute Gasteiger partial charge is 0.145 e. The Bertz CT molecular complexity index is 637. The number of benzene rings is 1. The van der Waals surface area contributed by atoms with E-state index in [4.69, 9.17) is 5.84 Å². The topological polar surface area (TPSA) is 99.6 Å². The second kappa shape index (κ2) is 5.99. The molecule has 6 heteroatoms. The van der Waals surface area contributed by atoms with Crippen molar-refractivity contribution in [3.63, 3.8) is 0 Å². The van der Waals surface area contributed by atoms with Crippen molar-refractivity contribution in [2.45, 2.75) is 20.3 Å². The molecule has 1 aromatic heterocycles. The number of hydrogen-bond acceptors (Lipinski definition) is 6. The van der Waals surface area contributed by atoms with Gasteiger partial charge in [0.2, 0.25) is 0 Å². The molecule has 0 spiro atoms. The molecule has 0 amide bonds. The Morgan fingerprint density at radius 2 is 2.05 bits per heavy atom. The average Bonchev–Trinajstić information content (AvgIpc) is 2.47. The second-order valence-electron chi connectivity index (χ2n) is 4.29. The van der Waals surface area contributed by atoms with Gasteiger partial charge in [-0.05, 0) is 18.6 Å². The molecule has 2 aromatic rings. The molecule has 2 rings (SSSR count). The van der Waals surface area contributed by atoms with Crippen LogP contribution in [0.1, 0.15) is 23.9 Å². The van der Waals surface area contributed by atoms with Crippen LogP contribution >= 0.6 is 0 Å². The van der Waals surface area contributed by atoms with Crippen LogP contribution in [0.3, 0.4) is 0 Å². The highest BCUT2D eigenvalue weighted by atomic mass is 15.3. The molecule has 0 aliphatic rings. The van der Waals surface area contributed by atoms with Crippen LogP contribution in [0.2, 0.25) is 0 Å². The molecule has 0 bridgehead atoms. The lowest BCUT2D eigenvalue weighted by molar-refractivity contribution is 0.941. The quantitative estimate of drug-likeness (QED) is 0.581. The van der Waals surface area contributed by atoms with Gasteiger partial charge >= 0.3 is 0 Å². The van der Waals surface area contributed by atoms with Crippen LogP contribution in [0, 0.1) is 18.3 Å². The Morgan fingerprint density at radius 1 is 1.30 bits per heavy atom. The van der Waals surface area contributed by atoms with Crippen molar-refractivity contribution in [2.24, 2.45) is 5.84 Å². The maximum atomic E-state index is 9.22. The largest absolute Gasteiger partial charge is 0.339 e. The summed E-state index contributed by atoms with van der Waals surface area (Å²) in [5.74, 6) is 7.21. The van der Waals surface area contributed by atoms with Crippen LogP contribution in [0.4, 0.5) is 17.3 Å². The van der Waals surface area contributed by atoms with Crippen LogP contribution in [0.15, 0.2) is 24.3 Å². The van der Waals surface area contributed by atoms with Crippen LogP contribution < -0.4 is 16.6 Å². The van der Waals surface area contributed by atoms with Gasteiger partial charge in [0, 0.05) is 12.5 Å². The lowest BCUT2D eigenvalue weighted by Gasteiger charge is -2.11. The number of nitrogens with one attached hydrogen (secondary N) is 2. The van der Waals surface area contributed by atoms with Gasteiger partial charge in [-0.15, -0.1) is 0 Å².